The number of H-pyrrole nitrogens is 1. The summed E-state index contributed by atoms with van der Waals surface area (Å²) >= 11 is 0. The van der Waals surface area contributed by atoms with Crippen LogP contribution >= 0.6 is 0 Å². The van der Waals surface area contributed by atoms with E-state index in [-0.39, 0.29) is 16.3 Å². The van der Waals surface area contributed by atoms with E-state index < -0.39 is 16.1 Å². The molecule has 0 aliphatic heterocycles. The standard InChI is InChI=1S/C14H18FN3O2S/c1-14(2,3)13(10-4-6-11(15)7-5-10)18-21(19,20)12-8-16-9-17-12/h4-9,13,18H,1-3H3,(H,16,17). The van der Waals surface area contributed by atoms with E-state index in [1.54, 1.807) is 12.1 Å². The van der Waals surface area contributed by atoms with Crippen LogP contribution < -0.4 is 4.72 Å². The predicted octanol–water partition coefficient (Wildman–Crippen LogP) is 2.61. The molecule has 0 saturated heterocycles. The summed E-state index contributed by atoms with van der Waals surface area (Å²) < 4.78 is 40.4. The van der Waals surface area contributed by atoms with Gasteiger partial charge in [-0.1, -0.05) is 32.9 Å². The number of hydrogen-bond donors (Lipinski definition) is 2. The fourth-order valence-electron chi connectivity index (χ4n) is 2.01. The molecule has 1 atom stereocenters. The highest BCUT2D eigenvalue weighted by Gasteiger charge is 2.31. The van der Waals surface area contributed by atoms with Crippen LogP contribution in [0.2, 0.25) is 0 Å². The van der Waals surface area contributed by atoms with Crippen molar-refractivity contribution >= 4 is 10.0 Å². The monoisotopic (exact) mass is 311 g/mol. The number of aromatic amines is 1. The van der Waals surface area contributed by atoms with E-state index in [4.69, 9.17) is 0 Å². The first kappa shape index (κ1) is 15.7. The van der Waals surface area contributed by atoms with Gasteiger partial charge in [-0.2, -0.15) is 0 Å². The molecular formula is C14H18FN3O2S. The Labute approximate surface area is 123 Å². The molecule has 5 nitrogen and oxygen atoms in total. The number of nitrogens with zero attached hydrogens (tertiary/aromatic N) is 1. The molecule has 0 fully saturated rings. The second-order valence-corrected chi connectivity index (χ2v) is 7.57. The summed E-state index contributed by atoms with van der Waals surface area (Å²) in [6, 6.07) is 5.31. The first-order chi connectivity index (χ1) is 9.70. The highest BCUT2D eigenvalue weighted by atomic mass is 32.2. The third kappa shape index (κ3) is 3.68. The maximum atomic E-state index is 13.1. The van der Waals surface area contributed by atoms with Crippen molar-refractivity contribution in [2.45, 2.75) is 31.8 Å². The number of rotatable bonds is 4. The minimum absolute atomic E-state index is 0.00105. The Hall–Kier alpha value is -1.73. The van der Waals surface area contributed by atoms with Crippen molar-refractivity contribution < 1.29 is 12.8 Å². The smallest absolute Gasteiger partial charge is 0.258 e. The molecule has 0 bridgehead atoms. The minimum Gasteiger partial charge on any atom is -0.335 e. The lowest BCUT2D eigenvalue weighted by Gasteiger charge is -2.31. The molecule has 21 heavy (non-hydrogen) atoms. The number of aromatic nitrogens is 2. The van der Waals surface area contributed by atoms with E-state index in [2.05, 4.69) is 14.7 Å². The average molecular weight is 311 g/mol. The van der Waals surface area contributed by atoms with Gasteiger partial charge in [0.25, 0.3) is 10.0 Å². The van der Waals surface area contributed by atoms with Gasteiger partial charge < -0.3 is 4.98 Å². The predicted molar refractivity (Wildman–Crippen MR) is 77.5 cm³/mol. The molecule has 0 amide bonds. The minimum atomic E-state index is -3.72. The molecule has 1 unspecified atom stereocenters. The fraction of sp³-hybridized carbons (Fsp3) is 0.357. The lowest BCUT2D eigenvalue weighted by molar-refractivity contribution is 0.304. The zero-order valence-corrected chi connectivity index (χ0v) is 12.9. The summed E-state index contributed by atoms with van der Waals surface area (Å²) in [6.07, 6.45) is 2.55. The molecule has 0 spiro atoms. The molecule has 0 aliphatic rings. The normalized spacial score (nSPS) is 14.1. The summed E-state index contributed by atoms with van der Waals surface area (Å²) in [5.74, 6) is -0.358. The van der Waals surface area contributed by atoms with Crippen LogP contribution in [0.5, 0.6) is 0 Å². The van der Waals surface area contributed by atoms with E-state index in [1.807, 2.05) is 20.8 Å². The Morgan fingerprint density at radius 2 is 1.86 bits per heavy atom. The summed E-state index contributed by atoms with van der Waals surface area (Å²) in [5, 5.41) is -0.00105. The second-order valence-electron chi connectivity index (χ2n) is 5.89. The molecule has 0 aliphatic carbocycles. The first-order valence-corrected chi connectivity index (χ1v) is 7.94. The van der Waals surface area contributed by atoms with Crippen LogP contribution in [0.4, 0.5) is 4.39 Å². The SMILES string of the molecule is CC(C)(C)C(NS(=O)(=O)c1cnc[nH]1)c1ccc(F)cc1. The summed E-state index contributed by atoms with van der Waals surface area (Å²) in [7, 11) is -3.72. The molecule has 2 aromatic rings. The Morgan fingerprint density at radius 1 is 1.24 bits per heavy atom. The van der Waals surface area contributed by atoms with Crippen molar-refractivity contribution in [3.05, 3.63) is 48.2 Å². The average Bonchev–Trinajstić information content (AvgIpc) is 2.90. The van der Waals surface area contributed by atoms with Crippen molar-refractivity contribution in [2.75, 3.05) is 0 Å². The highest BCUT2D eigenvalue weighted by Crippen LogP contribution is 2.34. The first-order valence-electron chi connectivity index (χ1n) is 6.46. The quantitative estimate of drug-likeness (QED) is 0.911. The Balaban J connectivity index is 2.37. The molecule has 114 valence electrons. The molecule has 2 N–H and O–H groups in total. The number of hydrogen-bond acceptors (Lipinski definition) is 3. The maximum absolute atomic E-state index is 13.1. The number of benzene rings is 1. The lowest BCUT2D eigenvalue weighted by atomic mass is 9.83. The number of imidazole rings is 1. The second kappa shape index (κ2) is 5.57. The third-order valence-electron chi connectivity index (χ3n) is 3.11. The van der Waals surface area contributed by atoms with E-state index in [9.17, 15) is 12.8 Å². The number of halogens is 1. The Kier molecular flexibility index (Phi) is 4.15. The van der Waals surface area contributed by atoms with Gasteiger partial charge in [-0.3, -0.25) is 0 Å². The number of nitrogens with one attached hydrogen (secondary N) is 2. The molecule has 1 aromatic carbocycles. The molecule has 1 heterocycles. The van der Waals surface area contributed by atoms with Gasteiger partial charge in [0.15, 0.2) is 5.03 Å². The molecule has 1 aromatic heterocycles. The number of sulfonamides is 1. The molecule has 2 rings (SSSR count). The largest absolute Gasteiger partial charge is 0.335 e. The fourth-order valence-corrected chi connectivity index (χ4v) is 3.34. The van der Waals surface area contributed by atoms with Crippen LogP contribution in [0.1, 0.15) is 32.4 Å². The van der Waals surface area contributed by atoms with E-state index >= 15 is 0 Å². The third-order valence-corrected chi connectivity index (χ3v) is 4.45. The lowest BCUT2D eigenvalue weighted by Crippen LogP contribution is -2.36. The Bertz CT molecular complexity index is 689. The van der Waals surface area contributed by atoms with Crippen LogP contribution in [0.15, 0.2) is 41.8 Å². The van der Waals surface area contributed by atoms with Crippen LogP contribution in [-0.2, 0) is 10.0 Å². The maximum Gasteiger partial charge on any atom is 0.258 e. The van der Waals surface area contributed by atoms with Crippen LogP contribution in [0.3, 0.4) is 0 Å². The van der Waals surface area contributed by atoms with Gasteiger partial charge >= 0.3 is 0 Å². The molecule has 0 saturated carbocycles. The summed E-state index contributed by atoms with van der Waals surface area (Å²) in [5.41, 5.74) is 0.317. The van der Waals surface area contributed by atoms with E-state index in [0.29, 0.717) is 5.56 Å². The van der Waals surface area contributed by atoms with E-state index in [0.717, 1.165) is 0 Å². The van der Waals surface area contributed by atoms with Crippen molar-refractivity contribution in [3.8, 4) is 0 Å². The molecule has 7 heteroatoms. The zero-order valence-electron chi connectivity index (χ0n) is 12.1. The van der Waals surface area contributed by atoms with Gasteiger partial charge in [0.1, 0.15) is 5.82 Å². The van der Waals surface area contributed by atoms with Gasteiger partial charge in [-0.25, -0.2) is 22.5 Å². The van der Waals surface area contributed by atoms with Crippen LogP contribution in [-0.4, -0.2) is 18.4 Å². The van der Waals surface area contributed by atoms with Crippen molar-refractivity contribution in [2.24, 2.45) is 5.41 Å². The Morgan fingerprint density at radius 3 is 2.33 bits per heavy atom. The van der Waals surface area contributed by atoms with Crippen molar-refractivity contribution in [1.29, 1.82) is 0 Å². The van der Waals surface area contributed by atoms with E-state index in [1.165, 1.54) is 24.7 Å². The topological polar surface area (TPSA) is 74.8 Å². The van der Waals surface area contributed by atoms with Gasteiger partial charge in [-0.15, -0.1) is 0 Å². The van der Waals surface area contributed by atoms with Crippen LogP contribution in [0.25, 0.3) is 0 Å². The van der Waals surface area contributed by atoms with Crippen LogP contribution in [0, 0.1) is 11.2 Å². The van der Waals surface area contributed by atoms with Gasteiger partial charge in [0.05, 0.1) is 18.6 Å². The molecular weight excluding hydrogens is 293 g/mol. The van der Waals surface area contributed by atoms with Gasteiger partial charge in [-0.05, 0) is 23.1 Å². The summed E-state index contributed by atoms with van der Waals surface area (Å²) in [4.78, 5) is 6.29. The van der Waals surface area contributed by atoms with Gasteiger partial charge in [0, 0.05) is 0 Å². The van der Waals surface area contributed by atoms with Gasteiger partial charge in [0.2, 0.25) is 0 Å². The van der Waals surface area contributed by atoms with Crippen molar-refractivity contribution in [3.63, 3.8) is 0 Å². The summed E-state index contributed by atoms with van der Waals surface area (Å²) in [6.45, 7) is 5.74. The van der Waals surface area contributed by atoms with Crippen molar-refractivity contribution in [1.82, 2.24) is 14.7 Å². The zero-order chi connectivity index (χ0) is 15.7. The highest BCUT2D eigenvalue weighted by molar-refractivity contribution is 7.89. The molecule has 0 radical (unpaired) electrons.